The molecule has 0 aliphatic rings. The number of amides is 1. The van der Waals surface area contributed by atoms with E-state index in [4.69, 9.17) is 15.9 Å². The number of ether oxygens (including phenoxy) is 2. The largest absolute Gasteiger partial charge is 0.573 e. The molecule has 158 valence electrons. The second-order valence-electron chi connectivity index (χ2n) is 5.47. The quantitative estimate of drug-likeness (QED) is 0.407. The maximum absolute atomic E-state index is 13.8. The van der Waals surface area contributed by atoms with Crippen molar-refractivity contribution in [3.05, 3.63) is 53.0 Å². The van der Waals surface area contributed by atoms with Crippen LogP contribution in [0.3, 0.4) is 0 Å². The molecule has 5 N–H and O–H groups in total. The molecular formula is C18H21F4N4O3+. The Morgan fingerprint density at radius 1 is 1.38 bits per heavy atom. The molecule has 0 saturated carbocycles. The van der Waals surface area contributed by atoms with Crippen LogP contribution in [0.15, 0.2) is 46.6 Å². The molecule has 1 rings (SSSR count). The summed E-state index contributed by atoms with van der Waals surface area (Å²) < 4.78 is 58.9. The van der Waals surface area contributed by atoms with Gasteiger partial charge in [0.2, 0.25) is 0 Å². The first-order valence-electron chi connectivity index (χ1n) is 8.11. The molecule has 1 aromatic rings. The van der Waals surface area contributed by atoms with Gasteiger partial charge in [0.15, 0.2) is 17.8 Å². The van der Waals surface area contributed by atoms with Gasteiger partial charge in [0, 0.05) is 43.6 Å². The van der Waals surface area contributed by atoms with Crippen LogP contribution in [-0.2, 0) is 4.74 Å². The van der Waals surface area contributed by atoms with E-state index in [9.17, 15) is 22.4 Å². The highest BCUT2D eigenvalue weighted by molar-refractivity contribution is 6.10. The Morgan fingerprint density at radius 2 is 2.07 bits per heavy atom. The van der Waals surface area contributed by atoms with Gasteiger partial charge < -0.3 is 20.5 Å². The van der Waals surface area contributed by atoms with Crippen molar-refractivity contribution in [3.63, 3.8) is 0 Å². The first-order valence-corrected chi connectivity index (χ1v) is 8.11. The van der Waals surface area contributed by atoms with E-state index in [1.165, 1.54) is 26.4 Å². The van der Waals surface area contributed by atoms with Crippen molar-refractivity contribution < 1.29 is 37.2 Å². The van der Waals surface area contributed by atoms with Crippen LogP contribution in [-0.4, -0.2) is 51.5 Å². The molecule has 0 spiro atoms. The van der Waals surface area contributed by atoms with Crippen LogP contribution >= 0.6 is 0 Å². The minimum atomic E-state index is -5.05. The van der Waals surface area contributed by atoms with Crippen LogP contribution in [0.25, 0.3) is 0 Å². The van der Waals surface area contributed by atoms with E-state index in [0.29, 0.717) is 23.4 Å². The molecule has 0 unspecified atom stereocenters. The predicted octanol–water partition coefficient (Wildman–Crippen LogP) is 0.770. The van der Waals surface area contributed by atoms with Crippen LogP contribution in [0.5, 0.6) is 5.75 Å². The number of nitrogens with zero attached hydrogens (tertiary/aromatic N) is 1. The third-order valence-electron chi connectivity index (χ3n) is 3.45. The van der Waals surface area contributed by atoms with Gasteiger partial charge in [-0.2, -0.15) is 0 Å². The fourth-order valence-electron chi connectivity index (χ4n) is 2.19. The van der Waals surface area contributed by atoms with E-state index in [1.807, 2.05) is 0 Å². The molecule has 0 atom stereocenters. The Kier molecular flexibility index (Phi) is 9.00. The fraction of sp³-hybridized carbons (Fsp3) is 0.278. The molecule has 0 bridgehead atoms. The Labute approximate surface area is 164 Å². The van der Waals surface area contributed by atoms with Crippen LogP contribution in [0.2, 0.25) is 0 Å². The Morgan fingerprint density at radius 3 is 2.59 bits per heavy atom. The van der Waals surface area contributed by atoms with Crippen molar-refractivity contribution >= 4 is 17.8 Å². The highest BCUT2D eigenvalue weighted by Gasteiger charge is 2.32. The summed E-state index contributed by atoms with van der Waals surface area (Å²) in [6, 6.07) is 2.35. The summed E-state index contributed by atoms with van der Waals surface area (Å²) in [6.45, 7) is -0.0411. The molecule has 0 radical (unpaired) electrons. The van der Waals surface area contributed by atoms with Crippen molar-refractivity contribution in [3.8, 4) is 5.75 Å². The lowest BCUT2D eigenvalue weighted by Crippen LogP contribution is -2.30. The van der Waals surface area contributed by atoms with E-state index >= 15 is 0 Å². The molecule has 29 heavy (non-hydrogen) atoms. The maximum Gasteiger partial charge on any atom is 0.573 e. The van der Waals surface area contributed by atoms with Crippen molar-refractivity contribution in [1.29, 1.82) is 0 Å². The summed E-state index contributed by atoms with van der Waals surface area (Å²) in [5.41, 5.74) is 6.90. The molecule has 0 aliphatic carbocycles. The van der Waals surface area contributed by atoms with E-state index in [2.05, 4.69) is 15.0 Å². The molecule has 0 aromatic heterocycles. The number of methoxy groups -OCH3 is 1. The number of rotatable bonds is 9. The number of allylic oxidation sites excluding steroid dienone is 2. The first-order chi connectivity index (χ1) is 13.6. The zero-order valence-corrected chi connectivity index (χ0v) is 15.7. The monoisotopic (exact) mass is 417 g/mol. The summed E-state index contributed by atoms with van der Waals surface area (Å²) in [5, 5.41) is 7.81. The predicted molar refractivity (Wildman–Crippen MR) is 99.0 cm³/mol. The second-order valence-corrected chi connectivity index (χ2v) is 5.47. The topological polar surface area (TPSA) is 112 Å². The van der Waals surface area contributed by atoms with Gasteiger partial charge in [0.05, 0.1) is 12.3 Å². The zero-order valence-electron chi connectivity index (χ0n) is 15.7. The molecular weight excluding hydrogens is 396 g/mol. The minimum absolute atomic E-state index is 0.0580. The van der Waals surface area contributed by atoms with E-state index in [1.54, 1.807) is 6.08 Å². The summed E-state index contributed by atoms with van der Waals surface area (Å²) in [4.78, 5) is 16.3. The number of halogens is 4. The van der Waals surface area contributed by atoms with Gasteiger partial charge in [-0.05, 0) is 24.3 Å². The number of nitrogens with one attached hydrogen (secondary N) is 1. The Balaban J connectivity index is 3.01. The van der Waals surface area contributed by atoms with Gasteiger partial charge in [0.1, 0.15) is 0 Å². The van der Waals surface area contributed by atoms with E-state index in [-0.39, 0.29) is 24.4 Å². The number of nitrogens with two attached hydrogens (primary N) is 2. The standard InChI is InChI=1S/C18H20F4N4O3/c1-25-15(4-3-7-23)12(14(24)10-28-2)9-26-17(27)11-5-6-16(13(19)8-11)29-18(20,21)22/h3-8,23H,9-10,24H2,1-2H3,(H,26,27)/p+1/b4-3-,14-12-,23-7?,25-15?. The molecule has 11 heteroatoms. The second kappa shape index (κ2) is 11.0. The summed E-state index contributed by atoms with van der Waals surface area (Å²) in [6.07, 6.45) is -0.694. The SMILES string of the molecule is CN=C(/C=C\C=[NH2+])/C(CNC(=O)c1ccc(OC(F)(F)F)c(F)c1)=C(\N)COC. The molecule has 7 nitrogen and oxygen atoms in total. The number of carbonyl (C=O) groups excluding carboxylic acids is 1. The maximum atomic E-state index is 13.8. The lowest BCUT2D eigenvalue weighted by Gasteiger charge is -2.14. The van der Waals surface area contributed by atoms with E-state index < -0.39 is 23.8 Å². The number of carbonyl (C=O) groups is 1. The third-order valence-corrected chi connectivity index (χ3v) is 3.45. The van der Waals surface area contributed by atoms with Crippen LogP contribution in [0.4, 0.5) is 17.6 Å². The Bertz CT molecular complexity index is 833. The fourth-order valence-corrected chi connectivity index (χ4v) is 2.19. The van der Waals surface area contributed by atoms with Crippen LogP contribution in [0, 0.1) is 5.82 Å². The highest BCUT2D eigenvalue weighted by Crippen LogP contribution is 2.26. The van der Waals surface area contributed by atoms with E-state index in [0.717, 1.165) is 6.07 Å². The smallest absolute Gasteiger partial charge is 0.403 e. The van der Waals surface area contributed by atoms with Gasteiger partial charge in [-0.25, -0.2) is 4.39 Å². The molecule has 1 aromatic carbocycles. The zero-order chi connectivity index (χ0) is 22.0. The number of hydrogen-bond acceptors (Lipinski definition) is 5. The van der Waals surface area contributed by atoms with Gasteiger partial charge in [-0.15, -0.1) is 13.2 Å². The van der Waals surface area contributed by atoms with Crippen molar-refractivity contribution in [1.82, 2.24) is 5.32 Å². The van der Waals surface area contributed by atoms with Crippen molar-refractivity contribution in [2.45, 2.75) is 6.36 Å². The number of benzene rings is 1. The van der Waals surface area contributed by atoms with Crippen molar-refractivity contribution in [2.75, 3.05) is 27.3 Å². The third kappa shape index (κ3) is 7.74. The molecule has 0 fully saturated rings. The lowest BCUT2D eigenvalue weighted by molar-refractivity contribution is -0.275. The average Bonchev–Trinajstić information content (AvgIpc) is 2.64. The first kappa shape index (κ1) is 23.8. The summed E-state index contributed by atoms with van der Waals surface area (Å²) in [7, 11) is 2.94. The van der Waals surface area contributed by atoms with Gasteiger partial charge >= 0.3 is 6.36 Å². The average molecular weight is 417 g/mol. The lowest BCUT2D eigenvalue weighted by atomic mass is 10.1. The Hall–Kier alpha value is -3.21. The molecule has 0 heterocycles. The number of hydrogen-bond donors (Lipinski definition) is 3. The van der Waals surface area contributed by atoms with Gasteiger partial charge in [0.25, 0.3) is 5.91 Å². The molecule has 1 amide bonds. The van der Waals surface area contributed by atoms with Crippen LogP contribution < -0.4 is 21.2 Å². The highest BCUT2D eigenvalue weighted by atomic mass is 19.4. The number of aliphatic imine (C=N–C) groups is 1. The molecule has 0 saturated heterocycles. The van der Waals surface area contributed by atoms with Crippen LogP contribution in [0.1, 0.15) is 10.4 Å². The minimum Gasteiger partial charge on any atom is -0.403 e. The summed E-state index contributed by atoms with van der Waals surface area (Å²) in [5.74, 6) is -3.11. The molecule has 0 aliphatic heterocycles. The van der Waals surface area contributed by atoms with Crippen molar-refractivity contribution in [2.24, 2.45) is 10.7 Å². The number of alkyl halides is 3. The van der Waals surface area contributed by atoms with Gasteiger partial charge in [-0.1, -0.05) is 0 Å². The normalized spacial score (nSPS) is 13.2. The summed E-state index contributed by atoms with van der Waals surface area (Å²) >= 11 is 0. The van der Waals surface area contributed by atoms with Gasteiger partial charge in [-0.3, -0.25) is 15.2 Å².